The zero-order valence-electron chi connectivity index (χ0n) is 16.6. The van der Waals surface area contributed by atoms with Gasteiger partial charge in [0.25, 0.3) is 0 Å². The lowest BCUT2D eigenvalue weighted by atomic mass is 9.95. The molecule has 5 heteroatoms. The van der Waals surface area contributed by atoms with Crippen molar-refractivity contribution in [2.24, 2.45) is 5.92 Å². The van der Waals surface area contributed by atoms with Crippen LogP contribution in [0, 0.1) is 5.92 Å². The topological polar surface area (TPSA) is 52.7 Å². The number of rotatable bonds is 7. The smallest absolute Gasteiger partial charge is 0.246 e. The van der Waals surface area contributed by atoms with E-state index in [0.29, 0.717) is 25.6 Å². The molecule has 0 bridgehead atoms. The average Bonchev–Trinajstić information content (AvgIpc) is 3.26. The second-order valence-electron chi connectivity index (χ2n) is 7.63. The van der Waals surface area contributed by atoms with Gasteiger partial charge in [-0.15, -0.1) is 6.58 Å². The summed E-state index contributed by atoms with van der Waals surface area (Å²) in [6, 6.07) is 9.77. The summed E-state index contributed by atoms with van der Waals surface area (Å²) in [5.74, 6) is 0.567. The minimum atomic E-state index is -0.0837. The van der Waals surface area contributed by atoms with Crippen LogP contribution >= 0.6 is 0 Å². The SMILES string of the molecule is C=CCNC(=O)C(C1CCCC1)N1CCN(C(=O)C=Cc2ccccc2)CC1. The van der Waals surface area contributed by atoms with Crippen LogP contribution in [0.4, 0.5) is 0 Å². The van der Waals surface area contributed by atoms with E-state index in [0.717, 1.165) is 31.5 Å². The molecule has 2 aliphatic rings. The molecule has 28 heavy (non-hydrogen) atoms. The zero-order chi connectivity index (χ0) is 19.8. The normalized spacial score (nSPS) is 19.6. The number of hydrogen-bond donors (Lipinski definition) is 1. The number of carbonyl (C=O) groups is 2. The van der Waals surface area contributed by atoms with Crippen LogP contribution in [0.5, 0.6) is 0 Å². The second-order valence-corrected chi connectivity index (χ2v) is 7.63. The minimum absolute atomic E-state index is 0.0389. The van der Waals surface area contributed by atoms with Gasteiger partial charge in [-0.25, -0.2) is 0 Å². The largest absolute Gasteiger partial charge is 0.351 e. The van der Waals surface area contributed by atoms with Crippen LogP contribution in [0.3, 0.4) is 0 Å². The first-order valence-electron chi connectivity index (χ1n) is 10.3. The Morgan fingerprint density at radius 1 is 1.11 bits per heavy atom. The van der Waals surface area contributed by atoms with Crippen molar-refractivity contribution in [3.63, 3.8) is 0 Å². The lowest BCUT2D eigenvalue weighted by molar-refractivity contribution is -0.132. The third kappa shape index (κ3) is 5.32. The molecule has 1 saturated heterocycles. The van der Waals surface area contributed by atoms with Crippen LogP contribution < -0.4 is 5.32 Å². The second kappa shape index (κ2) is 10.2. The third-order valence-corrected chi connectivity index (χ3v) is 5.77. The van der Waals surface area contributed by atoms with Crippen LogP contribution in [0.2, 0.25) is 0 Å². The Bertz CT molecular complexity index is 687. The lowest BCUT2D eigenvalue weighted by Gasteiger charge is -2.40. The van der Waals surface area contributed by atoms with Crippen molar-refractivity contribution >= 4 is 17.9 Å². The molecule has 1 aromatic carbocycles. The molecule has 3 rings (SSSR count). The van der Waals surface area contributed by atoms with Gasteiger partial charge in [0.1, 0.15) is 0 Å². The Morgan fingerprint density at radius 3 is 2.43 bits per heavy atom. The molecule has 1 unspecified atom stereocenters. The Balaban J connectivity index is 1.57. The van der Waals surface area contributed by atoms with Gasteiger partial charge in [-0.05, 0) is 30.4 Å². The first-order chi connectivity index (χ1) is 13.7. The van der Waals surface area contributed by atoms with Gasteiger partial charge in [0.05, 0.1) is 6.04 Å². The van der Waals surface area contributed by atoms with Gasteiger partial charge in [0.2, 0.25) is 11.8 Å². The molecule has 1 heterocycles. The summed E-state index contributed by atoms with van der Waals surface area (Å²) < 4.78 is 0. The molecule has 1 aliphatic carbocycles. The highest BCUT2D eigenvalue weighted by Crippen LogP contribution is 2.31. The van der Waals surface area contributed by atoms with Gasteiger partial charge in [-0.2, -0.15) is 0 Å². The predicted octanol–water partition coefficient (Wildman–Crippen LogP) is 2.71. The summed E-state index contributed by atoms with van der Waals surface area (Å²) >= 11 is 0. The molecular formula is C23H31N3O2. The fraction of sp³-hybridized carbons (Fsp3) is 0.478. The van der Waals surface area contributed by atoms with E-state index in [1.807, 2.05) is 41.3 Å². The number of nitrogens with zero attached hydrogens (tertiary/aromatic N) is 2. The van der Waals surface area contributed by atoms with E-state index < -0.39 is 0 Å². The van der Waals surface area contributed by atoms with E-state index >= 15 is 0 Å². The molecule has 0 aromatic heterocycles. The van der Waals surface area contributed by atoms with Crippen LogP contribution in [0.15, 0.2) is 49.1 Å². The molecule has 5 nitrogen and oxygen atoms in total. The van der Waals surface area contributed by atoms with Gasteiger partial charge in [0, 0.05) is 38.8 Å². The molecule has 1 N–H and O–H groups in total. The Hall–Kier alpha value is -2.40. The molecule has 150 valence electrons. The molecule has 1 aliphatic heterocycles. The average molecular weight is 382 g/mol. The first-order valence-corrected chi connectivity index (χ1v) is 10.3. The fourth-order valence-electron chi connectivity index (χ4n) is 4.29. The monoisotopic (exact) mass is 381 g/mol. The van der Waals surface area contributed by atoms with Crippen molar-refractivity contribution < 1.29 is 9.59 Å². The number of piperazine rings is 1. The lowest BCUT2D eigenvalue weighted by Crippen LogP contribution is -2.57. The van der Waals surface area contributed by atoms with Gasteiger partial charge in [-0.1, -0.05) is 49.2 Å². The molecule has 1 aromatic rings. The van der Waals surface area contributed by atoms with E-state index in [2.05, 4.69) is 16.8 Å². The van der Waals surface area contributed by atoms with Gasteiger partial charge in [-0.3, -0.25) is 14.5 Å². The van der Waals surface area contributed by atoms with E-state index in [4.69, 9.17) is 0 Å². The summed E-state index contributed by atoms with van der Waals surface area (Å²) in [4.78, 5) is 29.4. The number of carbonyl (C=O) groups excluding carboxylic acids is 2. The van der Waals surface area contributed by atoms with Gasteiger partial charge < -0.3 is 10.2 Å². The van der Waals surface area contributed by atoms with Gasteiger partial charge >= 0.3 is 0 Å². The quantitative estimate of drug-likeness (QED) is 0.584. The maximum absolute atomic E-state index is 12.8. The summed E-state index contributed by atoms with van der Waals surface area (Å²) in [5, 5.41) is 2.99. The highest BCUT2D eigenvalue weighted by atomic mass is 16.2. The molecule has 1 atom stereocenters. The van der Waals surface area contributed by atoms with Crippen molar-refractivity contribution in [2.75, 3.05) is 32.7 Å². The number of nitrogens with one attached hydrogen (secondary N) is 1. The summed E-state index contributed by atoms with van der Waals surface area (Å²) in [6.45, 7) is 7.01. The Kier molecular flexibility index (Phi) is 7.43. The van der Waals surface area contributed by atoms with Crippen molar-refractivity contribution in [1.82, 2.24) is 15.1 Å². The summed E-state index contributed by atoms with van der Waals surface area (Å²) in [7, 11) is 0. The number of benzene rings is 1. The highest BCUT2D eigenvalue weighted by molar-refractivity contribution is 5.91. The van der Waals surface area contributed by atoms with E-state index in [9.17, 15) is 9.59 Å². The first kappa shape index (κ1) is 20.3. The molecule has 1 saturated carbocycles. The maximum atomic E-state index is 12.8. The number of hydrogen-bond acceptors (Lipinski definition) is 3. The standard InChI is InChI=1S/C23H31N3O2/c1-2-14-24-23(28)22(20-10-6-7-11-20)26-17-15-25(16-18-26)21(27)13-12-19-8-4-3-5-9-19/h2-5,8-9,12-13,20,22H,1,6-7,10-11,14-18H2,(H,24,28). The van der Waals surface area contributed by atoms with Crippen molar-refractivity contribution in [2.45, 2.75) is 31.7 Å². The van der Waals surface area contributed by atoms with Crippen LogP contribution in [-0.2, 0) is 9.59 Å². The van der Waals surface area contributed by atoms with Crippen LogP contribution in [0.1, 0.15) is 31.2 Å². The number of amides is 2. The summed E-state index contributed by atoms with van der Waals surface area (Å²) in [6.07, 6.45) is 9.88. The van der Waals surface area contributed by atoms with Crippen LogP contribution in [-0.4, -0.2) is 60.4 Å². The molecule has 2 fully saturated rings. The van der Waals surface area contributed by atoms with E-state index in [1.54, 1.807) is 12.2 Å². The zero-order valence-corrected chi connectivity index (χ0v) is 16.6. The van der Waals surface area contributed by atoms with Crippen molar-refractivity contribution in [3.05, 3.63) is 54.6 Å². The van der Waals surface area contributed by atoms with Crippen LogP contribution in [0.25, 0.3) is 6.08 Å². The fourth-order valence-corrected chi connectivity index (χ4v) is 4.29. The van der Waals surface area contributed by atoms with E-state index in [1.165, 1.54) is 12.8 Å². The third-order valence-electron chi connectivity index (χ3n) is 5.77. The molecular weight excluding hydrogens is 350 g/mol. The van der Waals surface area contributed by atoms with Crippen molar-refractivity contribution in [3.8, 4) is 0 Å². The molecule has 2 amide bonds. The maximum Gasteiger partial charge on any atom is 0.246 e. The molecule has 0 radical (unpaired) electrons. The Labute approximate surface area is 168 Å². The van der Waals surface area contributed by atoms with Gasteiger partial charge in [0.15, 0.2) is 0 Å². The molecule has 0 spiro atoms. The Morgan fingerprint density at radius 2 is 1.79 bits per heavy atom. The van der Waals surface area contributed by atoms with Crippen molar-refractivity contribution in [1.29, 1.82) is 0 Å². The minimum Gasteiger partial charge on any atom is -0.351 e. The predicted molar refractivity (Wildman–Crippen MR) is 113 cm³/mol. The summed E-state index contributed by atoms with van der Waals surface area (Å²) in [5.41, 5.74) is 1.02. The highest BCUT2D eigenvalue weighted by Gasteiger charge is 2.36. The van der Waals surface area contributed by atoms with E-state index in [-0.39, 0.29) is 17.9 Å².